The number of ether oxygens (including phenoxy) is 4. The molecule has 0 spiro atoms. The molecule has 184 valence electrons. The third kappa shape index (κ3) is 5.20. The van der Waals surface area contributed by atoms with Crippen molar-refractivity contribution in [2.24, 2.45) is 0 Å². The van der Waals surface area contributed by atoms with Crippen molar-refractivity contribution in [3.63, 3.8) is 0 Å². The number of anilines is 1. The van der Waals surface area contributed by atoms with Gasteiger partial charge >= 0.3 is 0 Å². The van der Waals surface area contributed by atoms with Crippen molar-refractivity contribution in [3.05, 3.63) is 52.4 Å². The zero-order chi connectivity index (χ0) is 24.9. The number of thioether (sulfide) groups is 2. The average molecular weight is 516 g/mol. The molecule has 0 unspecified atom stereocenters. The van der Waals surface area contributed by atoms with Crippen molar-refractivity contribution in [2.75, 3.05) is 45.3 Å². The predicted octanol–water partition coefficient (Wildman–Crippen LogP) is 3.65. The summed E-state index contributed by atoms with van der Waals surface area (Å²) in [7, 11) is 6.17. The standard InChI is InChI=1S/C24H25N3O6S2/c1-30-15-6-7-16(19(12-15)32-3)25-21(28)13-35-24-26-17-9-10-34-22(17)23(29)27(24)14-5-8-18(31-2)20(11-14)33-4/h5-8,11-12H,9-10,13H2,1-4H3,(H,25,28). The van der Waals surface area contributed by atoms with E-state index in [1.54, 1.807) is 50.6 Å². The zero-order valence-electron chi connectivity index (χ0n) is 19.7. The van der Waals surface area contributed by atoms with Gasteiger partial charge in [0, 0.05) is 24.3 Å². The summed E-state index contributed by atoms with van der Waals surface area (Å²) in [6, 6.07) is 10.4. The highest BCUT2D eigenvalue weighted by Crippen LogP contribution is 2.34. The van der Waals surface area contributed by atoms with Crippen LogP contribution >= 0.6 is 23.5 Å². The van der Waals surface area contributed by atoms with Crippen LogP contribution in [0.5, 0.6) is 23.0 Å². The highest BCUT2D eigenvalue weighted by atomic mass is 32.2. The van der Waals surface area contributed by atoms with E-state index in [0.717, 1.165) is 11.4 Å². The SMILES string of the molecule is COc1ccc(NC(=O)CSc2nc3c(c(=O)n2-c2ccc(OC)c(OC)c2)SCC3)c(OC)c1. The van der Waals surface area contributed by atoms with Gasteiger partial charge in [0.05, 0.1) is 56.2 Å². The van der Waals surface area contributed by atoms with Crippen LogP contribution in [0.25, 0.3) is 5.69 Å². The number of aromatic nitrogens is 2. The topological polar surface area (TPSA) is 101 Å². The molecule has 9 nitrogen and oxygen atoms in total. The van der Waals surface area contributed by atoms with Crippen LogP contribution in [0.3, 0.4) is 0 Å². The summed E-state index contributed by atoms with van der Waals surface area (Å²) in [4.78, 5) is 31.6. The van der Waals surface area contributed by atoms with Crippen LogP contribution in [0.15, 0.2) is 51.2 Å². The van der Waals surface area contributed by atoms with E-state index in [0.29, 0.717) is 50.8 Å². The van der Waals surface area contributed by atoms with E-state index < -0.39 is 0 Å². The van der Waals surface area contributed by atoms with Crippen molar-refractivity contribution in [3.8, 4) is 28.7 Å². The Labute approximate surface area is 211 Å². The van der Waals surface area contributed by atoms with E-state index in [2.05, 4.69) is 5.32 Å². The number of hydrogen-bond donors (Lipinski definition) is 1. The Morgan fingerprint density at radius 3 is 2.51 bits per heavy atom. The third-order valence-corrected chi connectivity index (χ3v) is 7.35. The number of methoxy groups -OCH3 is 4. The van der Waals surface area contributed by atoms with Crippen LogP contribution in [-0.4, -0.2) is 55.4 Å². The van der Waals surface area contributed by atoms with Gasteiger partial charge in [-0.05, 0) is 24.3 Å². The second-order valence-electron chi connectivity index (χ2n) is 7.35. The number of carbonyl (C=O) groups is 1. The Balaban J connectivity index is 1.63. The second kappa shape index (κ2) is 11.0. The molecule has 0 fully saturated rings. The Kier molecular flexibility index (Phi) is 7.76. The van der Waals surface area contributed by atoms with Gasteiger partial charge in [0.2, 0.25) is 5.91 Å². The van der Waals surface area contributed by atoms with E-state index >= 15 is 0 Å². The number of hydrogen-bond acceptors (Lipinski definition) is 9. The average Bonchev–Trinajstić information content (AvgIpc) is 3.36. The minimum Gasteiger partial charge on any atom is -0.497 e. The minimum atomic E-state index is -0.263. The first-order valence-electron chi connectivity index (χ1n) is 10.6. The molecule has 4 rings (SSSR count). The van der Waals surface area contributed by atoms with Gasteiger partial charge in [-0.25, -0.2) is 4.98 Å². The summed E-state index contributed by atoms with van der Waals surface area (Å²) in [5.41, 5.74) is 1.70. The fourth-order valence-corrected chi connectivity index (χ4v) is 5.45. The lowest BCUT2D eigenvalue weighted by Crippen LogP contribution is -2.24. The van der Waals surface area contributed by atoms with Gasteiger partial charge in [0.15, 0.2) is 16.7 Å². The first kappa shape index (κ1) is 24.8. The number of nitrogens with one attached hydrogen (secondary N) is 1. The first-order valence-corrected chi connectivity index (χ1v) is 12.6. The smallest absolute Gasteiger partial charge is 0.272 e. The number of amides is 1. The second-order valence-corrected chi connectivity index (χ2v) is 9.40. The molecule has 0 bridgehead atoms. The molecule has 2 heterocycles. The van der Waals surface area contributed by atoms with Crippen LogP contribution in [0, 0.1) is 0 Å². The Hall–Kier alpha value is -3.31. The highest BCUT2D eigenvalue weighted by Gasteiger charge is 2.24. The fraction of sp³-hybridized carbons (Fsp3) is 0.292. The van der Waals surface area contributed by atoms with E-state index in [-0.39, 0.29) is 17.2 Å². The van der Waals surface area contributed by atoms with Gasteiger partial charge in [-0.3, -0.25) is 14.2 Å². The summed E-state index contributed by atoms with van der Waals surface area (Å²) in [5.74, 6) is 2.73. The molecule has 2 aromatic carbocycles. The van der Waals surface area contributed by atoms with Crippen LogP contribution in [0.1, 0.15) is 5.69 Å². The molecular weight excluding hydrogens is 490 g/mol. The van der Waals surface area contributed by atoms with Gasteiger partial charge in [0.1, 0.15) is 11.5 Å². The molecule has 1 N–H and O–H groups in total. The Morgan fingerprint density at radius 1 is 1.03 bits per heavy atom. The number of carbonyl (C=O) groups excluding carboxylic acids is 1. The van der Waals surface area contributed by atoms with E-state index in [4.69, 9.17) is 23.9 Å². The van der Waals surface area contributed by atoms with Crippen molar-refractivity contribution >= 4 is 35.1 Å². The normalized spacial score (nSPS) is 12.1. The zero-order valence-corrected chi connectivity index (χ0v) is 21.4. The quantitative estimate of drug-likeness (QED) is 0.338. The maximum atomic E-state index is 13.4. The molecule has 1 amide bonds. The third-order valence-electron chi connectivity index (χ3n) is 5.31. The van der Waals surface area contributed by atoms with Crippen LogP contribution in [0.2, 0.25) is 0 Å². The molecule has 0 saturated heterocycles. The maximum Gasteiger partial charge on any atom is 0.272 e. The molecule has 0 saturated carbocycles. The summed E-state index contributed by atoms with van der Waals surface area (Å²) in [6.45, 7) is 0. The lowest BCUT2D eigenvalue weighted by Gasteiger charge is -2.16. The number of nitrogens with zero attached hydrogens (tertiary/aromatic N) is 2. The highest BCUT2D eigenvalue weighted by molar-refractivity contribution is 8.00. The van der Waals surface area contributed by atoms with Crippen LogP contribution in [0.4, 0.5) is 5.69 Å². The Morgan fingerprint density at radius 2 is 1.80 bits per heavy atom. The number of fused-ring (bicyclic) bond motifs is 1. The van der Waals surface area contributed by atoms with Gasteiger partial charge < -0.3 is 24.3 Å². The van der Waals surface area contributed by atoms with Crippen molar-refractivity contribution in [2.45, 2.75) is 16.5 Å². The monoisotopic (exact) mass is 515 g/mol. The Bertz CT molecular complexity index is 1310. The molecule has 0 radical (unpaired) electrons. The largest absolute Gasteiger partial charge is 0.497 e. The predicted molar refractivity (Wildman–Crippen MR) is 136 cm³/mol. The van der Waals surface area contributed by atoms with E-state index in [1.165, 1.54) is 42.3 Å². The van der Waals surface area contributed by atoms with E-state index in [9.17, 15) is 9.59 Å². The molecule has 1 aliphatic rings. The number of benzene rings is 2. The number of aryl methyl sites for hydroxylation is 1. The lowest BCUT2D eigenvalue weighted by atomic mass is 10.2. The molecule has 11 heteroatoms. The molecule has 1 aromatic heterocycles. The maximum absolute atomic E-state index is 13.4. The molecule has 3 aromatic rings. The summed E-state index contributed by atoms with van der Waals surface area (Å²) < 4.78 is 22.8. The summed E-state index contributed by atoms with van der Waals surface area (Å²) >= 11 is 2.69. The van der Waals surface area contributed by atoms with Gasteiger partial charge in [-0.2, -0.15) is 0 Å². The molecular formula is C24H25N3O6S2. The van der Waals surface area contributed by atoms with Gasteiger partial charge in [-0.15, -0.1) is 11.8 Å². The van der Waals surface area contributed by atoms with E-state index in [1.807, 2.05) is 0 Å². The number of rotatable bonds is 9. The summed E-state index contributed by atoms with van der Waals surface area (Å²) in [6.07, 6.45) is 0.713. The first-order chi connectivity index (χ1) is 17.0. The minimum absolute atomic E-state index is 0.0425. The fourth-order valence-electron chi connectivity index (χ4n) is 3.60. The summed E-state index contributed by atoms with van der Waals surface area (Å²) in [5, 5.41) is 3.28. The lowest BCUT2D eigenvalue weighted by molar-refractivity contribution is -0.113. The molecule has 1 aliphatic heterocycles. The molecule has 0 atom stereocenters. The van der Waals surface area contributed by atoms with Crippen LogP contribution < -0.4 is 29.8 Å². The van der Waals surface area contributed by atoms with Gasteiger partial charge in [0.25, 0.3) is 5.56 Å². The van der Waals surface area contributed by atoms with Crippen molar-refractivity contribution < 1.29 is 23.7 Å². The van der Waals surface area contributed by atoms with Crippen molar-refractivity contribution in [1.29, 1.82) is 0 Å². The van der Waals surface area contributed by atoms with Crippen molar-refractivity contribution in [1.82, 2.24) is 9.55 Å². The van der Waals surface area contributed by atoms with Gasteiger partial charge in [-0.1, -0.05) is 11.8 Å². The molecule has 35 heavy (non-hydrogen) atoms. The molecule has 0 aliphatic carbocycles. The van der Waals surface area contributed by atoms with Crippen LogP contribution in [-0.2, 0) is 11.2 Å².